The van der Waals surface area contributed by atoms with Crippen LogP contribution >= 0.6 is 0 Å². The fourth-order valence-electron chi connectivity index (χ4n) is 2.50. The van der Waals surface area contributed by atoms with E-state index in [-0.39, 0.29) is 5.91 Å². The lowest BCUT2D eigenvalue weighted by molar-refractivity contribution is -0.114. The van der Waals surface area contributed by atoms with Gasteiger partial charge in [0.05, 0.1) is 0 Å². The molecular formula is C19H23N7O. The number of nitrogens with two attached hydrogens (primary N) is 2. The van der Waals surface area contributed by atoms with Crippen LogP contribution < -0.4 is 22.1 Å². The molecule has 6 N–H and O–H groups in total. The first-order valence-corrected chi connectivity index (χ1v) is 8.70. The van der Waals surface area contributed by atoms with Crippen LogP contribution in [0, 0.1) is 12.8 Å². The fourth-order valence-corrected chi connectivity index (χ4v) is 2.50. The lowest BCUT2D eigenvalue weighted by atomic mass is 10.2. The number of allylic oxidation sites excluding steroid dienone is 1. The van der Waals surface area contributed by atoms with E-state index in [9.17, 15) is 4.79 Å². The van der Waals surface area contributed by atoms with Crippen molar-refractivity contribution in [3.8, 4) is 0 Å². The number of aliphatic imine (C=N–C) groups is 1. The molecule has 0 unspecified atom stereocenters. The molecule has 2 aromatic rings. The predicted molar refractivity (Wildman–Crippen MR) is 107 cm³/mol. The number of carbonyl (C=O) groups is 1. The van der Waals surface area contributed by atoms with Gasteiger partial charge in [0, 0.05) is 36.3 Å². The maximum Gasteiger partial charge on any atom is 0.229 e. The highest BCUT2D eigenvalue weighted by Crippen LogP contribution is 2.33. The van der Waals surface area contributed by atoms with Crippen LogP contribution in [0.1, 0.15) is 25.3 Å². The van der Waals surface area contributed by atoms with Crippen LogP contribution in [0.25, 0.3) is 0 Å². The van der Waals surface area contributed by atoms with Gasteiger partial charge < -0.3 is 22.1 Å². The molecule has 0 aliphatic heterocycles. The number of aromatic nitrogens is 2. The predicted octanol–water partition coefficient (Wildman–Crippen LogP) is 2.73. The summed E-state index contributed by atoms with van der Waals surface area (Å²) in [5.74, 6) is 1.42. The van der Waals surface area contributed by atoms with E-state index in [0.717, 1.165) is 29.8 Å². The summed E-state index contributed by atoms with van der Waals surface area (Å²) in [4.78, 5) is 24.1. The molecule has 1 aliphatic carbocycles. The van der Waals surface area contributed by atoms with Crippen molar-refractivity contribution in [1.29, 1.82) is 0 Å². The first-order valence-electron chi connectivity index (χ1n) is 8.70. The summed E-state index contributed by atoms with van der Waals surface area (Å²) < 4.78 is 0. The van der Waals surface area contributed by atoms with Crippen molar-refractivity contribution in [2.45, 2.75) is 26.7 Å². The lowest BCUT2D eigenvalue weighted by Crippen LogP contribution is -2.12. The van der Waals surface area contributed by atoms with Gasteiger partial charge in [-0.2, -0.15) is 4.98 Å². The van der Waals surface area contributed by atoms with Crippen LogP contribution in [0.2, 0.25) is 0 Å². The number of hydrogen-bond acceptors (Lipinski definition) is 6. The van der Waals surface area contributed by atoms with Crippen LogP contribution in [-0.4, -0.2) is 21.7 Å². The highest BCUT2D eigenvalue weighted by molar-refractivity contribution is 5.93. The first-order chi connectivity index (χ1) is 12.9. The standard InChI is InChI=1S/C19H23N7O/c1-11-3-6-14(23-12(2)27)9-16(11)24-19-22-8-7-18(26-19)25-17(21)10-15(20)13-4-5-13/h3,6-10,13H,4-5,20H2,1-2H3,(H,23,27)(H3,21,22,24,25,26)/b15-10-. The topological polar surface area (TPSA) is 131 Å². The van der Waals surface area contributed by atoms with E-state index in [4.69, 9.17) is 11.5 Å². The Morgan fingerprint density at radius 2 is 2.07 bits per heavy atom. The highest BCUT2D eigenvalue weighted by Gasteiger charge is 2.23. The number of anilines is 3. The number of rotatable bonds is 6. The van der Waals surface area contributed by atoms with Crippen molar-refractivity contribution >= 4 is 34.9 Å². The van der Waals surface area contributed by atoms with Gasteiger partial charge in [0.1, 0.15) is 5.84 Å². The van der Waals surface area contributed by atoms with Crippen LogP contribution in [0.4, 0.5) is 23.1 Å². The molecule has 1 amide bonds. The second-order valence-electron chi connectivity index (χ2n) is 6.53. The summed E-state index contributed by atoms with van der Waals surface area (Å²) in [5.41, 5.74) is 15.1. The lowest BCUT2D eigenvalue weighted by Gasteiger charge is -2.11. The molecule has 0 saturated heterocycles. The van der Waals surface area contributed by atoms with Crippen molar-refractivity contribution in [2.75, 3.05) is 10.6 Å². The van der Waals surface area contributed by atoms with E-state index in [0.29, 0.717) is 29.2 Å². The van der Waals surface area contributed by atoms with Gasteiger partial charge in [0.15, 0.2) is 5.82 Å². The first kappa shape index (κ1) is 18.4. The molecule has 0 spiro atoms. The van der Waals surface area contributed by atoms with Crippen LogP contribution in [0.15, 0.2) is 47.2 Å². The molecule has 1 fully saturated rings. The number of benzene rings is 1. The number of carbonyl (C=O) groups excluding carboxylic acids is 1. The van der Waals surface area contributed by atoms with Gasteiger partial charge in [0.2, 0.25) is 11.9 Å². The minimum Gasteiger partial charge on any atom is -0.402 e. The summed E-state index contributed by atoms with van der Waals surface area (Å²) in [6.07, 6.45) is 5.50. The van der Waals surface area contributed by atoms with Crippen molar-refractivity contribution in [2.24, 2.45) is 22.4 Å². The molecule has 1 aliphatic rings. The maximum atomic E-state index is 11.2. The molecule has 0 bridgehead atoms. The average molecular weight is 365 g/mol. The normalized spacial score (nSPS) is 14.7. The van der Waals surface area contributed by atoms with E-state index in [1.807, 2.05) is 25.1 Å². The Morgan fingerprint density at radius 1 is 1.30 bits per heavy atom. The molecule has 8 nitrogen and oxygen atoms in total. The highest BCUT2D eigenvalue weighted by atomic mass is 16.1. The van der Waals surface area contributed by atoms with Crippen molar-refractivity contribution < 1.29 is 4.79 Å². The Kier molecular flexibility index (Phi) is 5.35. The van der Waals surface area contributed by atoms with Gasteiger partial charge in [-0.1, -0.05) is 6.07 Å². The maximum absolute atomic E-state index is 11.2. The molecule has 0 radical (unpaired) electrons. The molecule has 140 valence electrons. The Balaban J connectivity index is 1.78. The number of hydrogen-bond donors (Lipinski definition) is 4. The van der Waals surface area contributed by atoms with E-state index >= 15 is 0 Å². The third kappa shape index (κ3) is 5.27. The summed E-state index contributed by atoms with van der Waals surface area (Å²) in [5, 5.41) is 5.90. The zero-order valence-corrected chi connectivity index (χ0v) is 15.4. The zero-order valence-electron chi connectivity index (χ0n) is 15.4. The summed E-state index contributed by atoms with van der Waals surface area (Å²) >= 11 is 0. The van der Waals surface area contributed by atoms with E-state index in [1.165, 1.54) is 6.92 Å². The van der Waals surface area contributed by atoms with Crippen LogP contribution in [0.3, 0.4) is 0 Å². The molecule has 1 aromatic heterocycles. The van der Waals surface area contributed by atoms with Gasteiger partial charge >= 0.3 is 0 Å². The molecule has 3 rings (SSSR count). The van der Waals surface area contributed by atoms with Gasteiger partial charge in [-0.15, -0.1) is 0 Å². The fraction of sp³-hybridized carbons (Fsp3) is 0.263. The minimum atomic E-state index is -0.133. The number of nitrogens with one attached hydrogen (secondary N) is 2. The molecular weight excluding hydrogens is 342 g/mol. The largest absolute Gasteiger partial charge is 0.402 e. The quantitative estimate of drug-likeness (QED) is 0.460. The number of amidine groups is 1. The Bertz CT molecular complexity index is 916. The molecule has 0 atom stereocenters. The van der Waals surface area contributed by atoms with Gasteiger partial charge in [-0.05, 0) is 49.5 Å². The van der Waals surface area contributed by atoms with E-state index in [2.05, 4.69) is 25.6 Å². The smallest absolute Gasteiger partial charge is 0.229 e. The second kappa shape index (κ2) is 7.86. The average Bonchev–Trinajstić information content (AvgIpc) is 3.42. The molecule has 27 heavy (non-hydrogen) atoms. The zero-order chi connectivity index (χ0) is 19.4. The number of aryl methyl sites for hydroxylation is 1. The third-order valence-electron chi connectivity index (χ3n) is 4.05. The van der Waals surface area contributed by atoms with Crippen LogP contribution in [-0.2, 0) is 4.79 Å². The second-order valence-corrected chi connectivity index (χ2v) is 6.53. The Hall–Kier alpha value is -3.42. The van der Waals surface area contributed by atoms with Crippen molar-refractivity contribution in [1.82, 2.24) is 9.97 Å². The summed E-state index contributed by atoms with van der Waals surface area (Å²) in [7, 11) is 0. The molecule has 8 heteroatoms. The Morgan fingerprint density at radius 3 is 2.78 bits per heavy atom. The van der Waals surface area contributed by atoms with Gasteiger partial charge in [-0.25, -0.2) is 9.98 Å². The number of amides is 1. The molecule has 1 heterocycles. The SMILES string of the molecule is CC(=O)Nc1ccc(C)c(Nc2nccc(N=C(N)/C=C(\N)C3CC3)n2)c1. The van der Waals surface area contributed by atoms with Crippen molar-refractivity contribution in [3.63, 3.8) is 0 Å². The van der Waals surface area contributed by atoms with Crippen molar-refractivity contribution in [3.05, 3.63) is 47.8 Å². The van der Waals surface area contributed by atoms with Crippen LogP contribution in [0.5, 0.6) is 0 Å². The van der Waals surface area contributed by atoms with E-state index in [1.54, 1.807) is 18.3 Å². The third-order valence-corrected chi connectivity index (χ3v) is 4.05. The van der Waals surface area contributed by atoms with E-state index < -0.39 is 0 Å². The summed E-state index contributed by atoms with van der Waals surface area (Å²) in [6, 6.07) is 7.23. The van der Waals surface area contributed by atoms with Gasteiger partial charge in [-0.3, -0.25) is 4.79 Å². The molecule has 1 saturated carbocycles. The van der Waals surface area contributed by atoms with Gasteiger partial charge in [0.25, 0.3) is 0 Å². The summed E-state index contributed by atoms with van der Waals surface area (Å²) in [6.45, 7) is 3.41. The monoisotopic (exact) mass is 365 g/mol. The molecule has 1 aromatic carbocycles. The number of nitrogens with zero attached hydrogens (tertiary/aromatic N) is 3. The minimum absolute atomic E-state index is 0.133. The Labute approximate surface area is 157 Å².